The minimum Gasteiger partial charge on any atom is -0.393 e. The third-order valence-corrected chi connectivity index (χ3v) is 2.73. The molecule has 6 nitrogen and oxygen atoms in total. The lowest BCUT2D eigenvalue weighted by molar-refractivity contribution is -0.384. The third-order valence-electron chi connectivity index (χ3n) is 2.73. The summed E-state index contributed by atoms with van der Waals surface area (Å²) in [6, 6.07) is 6.79. The molecular formula is C12H14N4O2. The molecule has 18 heavy (non-hydrogen) atoms. The summed E-state index contributed by atoms with van der Waals surface area (Å²) in [5, 5.41) is 15.1. The molecule has 0 amide bonds. The van der Waals surface area contributed by atoms with Gasteiger partial charge in [-0.1, -0.05) is 6.07 Å². The molecule has 0 aliphatic rings. The van der Waals surface area contributed by atoms with Crippen molar-refractivity contribution in [2.45, 2.75) is 20.4 Å². The molecule has 2 N–H and O–H groups in total. The van der Waals surface area contributed by atoms with Crippen LogP contribution in [-0.2, 0) is 6.54 Å². The molecule has 0 aliphatic heterocycles. The summed E-state index contributed by atoms with van der Waals surface area (Å²) in [6.07, 6.45) is 0. The number of aromatic nitrogens is 2. The van der Waals surface area contributed by atoms with Crippen molar-refractivity contribution >= 4 is 11.4 Å². The van der Waals surface area contributed by atoms with Gasteiger partial charge in [-0.2, -0.15) is 5.10 Å². The van der Waals surface area contributed by atoms with Gasteiger partial charge in [-0.15, -0.1) is 0 Å². The number of rotatable bonds is 3. The topological polar surface area (TPSA) is 87.0 Å². The monoisotopic (exact) mass is 246 g/mol. The van der Waals surface area contributed by atoms with Gasteiger partial charge < -0.3 is 5.73 Å². The predicted octanol–water partition coefficient (Wildman–Crippen LogP) is 2.04. The zero-order valence-electron chi connectivity index (χ0n) is 10.3. The first-order valence-electron chi connectivity index (χ1n) is 5.51. The maximum atomic E-state index is 10.8. The van der Waals surface area contributed by atoms with Gasteiger partial charge in [-0.25, -0.2) is 0 Å². The molecule has 0 bridgehead atoms. The summed E-state index contributed by atoms with van der Waals surface area (Å²) >= 11 is 0. The third kappa shape index (κ3) is 2.32. The Kier molecular flexibility index (Phi) is 3.01. The van der Waals surface area contributed by atoms with Gasteiger partial charge in [-0.3, -0.25) is 14.8 Å². The second-order valence-corrected chi connectivity index (χ2v) is 4.24. The number of anilines is 1. The molecule has 1 aromatic carbocycles. The number of nitrogens with two attached hydrogens (primary N) is 1. The smallest absolute Gasteiger partial charge is 0.292 e. The van der Waals surface area contributed by atoms with E-state index in [1.807, 2.05) is 24.6 Å². The van der Waals surface area contributed by atoms with Gasteiger partial charge in [0.05, 0.1) is 17.2 Å². The van der Waals surface area contributed by atoms with Crippen LogP contribution in [0, 0.1) is 24.0 Å². The van der Waals surface area contributed by atoms with Gasteiger partial charge in [0, 0.05) is 11.8 Å². The molecule has 0 aliphatic carbocycles. The summed E-state index contributed by atoms with van der Waals surface area (Å²) < 4.78 is 1.81. The van der Waals surface area contributed by atoms with E-state index in [0.29, 0.717) is 6.54 Å². The van der Waals surface area contributed by atoms with E-state index in [1.54, 1.807) is 12.1 Å². The molecule has 1 heterocycles. The van der Waals surface area contributed by atoms with Crippen LogP contribution in [0.1, 0.15) is 17.0 Å². The number of hydrogen-bond donors (Lipinski definition) is 1. The Bertz CT molecular complexity index is 604. The average Bonchev–Trinajstić information content (AvgIpc) is 2.60. The molecule has 0 spiro atoms. The summed E-state index contributed by atoms with van der Waals surface area (Å²) in [5.74, 6) is 0. The minimum atomic E-state index is -0.472. The standard InChI is InChI=1S/C12H14N4O2/c1-8-5-9(2)15(14-8)7-10-3-4-11(13)12(6-10)16(17)18/h3-6H,7,13H2,1-2H3. The molecule has 1 aromatic heterocycles. The summed E-state index contributed by atoms with van der Waals surface area (Å²) in [5.41, 5.74) is 8.43. The van der Waals surface area contributed by atoms with Crippen molar-refractivity contribution in [2.24, 2.45) is 0 Å². The largest absolute Gasteiger partial charge is 0.393 e. The highest BCUT2D eigenvalue weighted by molar-refractivity contribution is 5.59. The van der Waals surface area contributed by atoms with Gasteiger partial charge in [-0.05, 0) is 31.5 Å². The van der Waals surface area contributed by atoms with Crippen LogP contribution in [0.3, 0.4) is 0 Å². The van der Waals surface area contributed by atoms with Gasteiger partial charge in [0.15, 0.2) is 0 Å². The number of nitrogens with zero attached hydrogens (tertiary/aromatic N) is 3. The second-order valence-electron chi connectivity index (χ2n) is 4.24. The van der Waals surface area contributed by atoms with Crippen molar-refractivity contribution in [2.75, 3.05) is 5.73 Å². The molecular weight excluding hydrogens is 232 g/mol. The summed E-state index contributed by atoms with van der Waals surface area (Å²) in [6.45, 7) is 4.36. The SMILES string of the molecule is Cc1cc(C)n(Cc2ccc(N)c([N+](=O)[O-])c2)n1. The lowest BCUT2D eigenvalue weighted by atomic mass is 10.1. The minimum absolute atomic E-state index is 0.0611. The van der Waals surface area contributed by atoms with Crippen molar-refractivity contribution < 1.29 is 4.92 Å². The van der Waals surface area contributed by atoms with Crippen LogP contribution in [0.5, 0.6) is 0 Å². The van der Waals surface area contributed by atoms with Gasteiger partial charge in [0.25, 0.3) is 5.69 Å². The lowest BCUT2D eigenvalue weighted by Crippen LogP contribution is -2.05. The summed E-state index contributed by atoms with van der Waals surface area (Å²) in [4.78, 5) is 10.3. The maximum Gasteiger partial charge on any atom is 0.292 e. The van der Waals surface area contributed by atoms with Crippen LogP contribution < -0.4 is 5.73 Å². The molecule has 0 radical (unpaired) electrons. The Morgan fingerprint density at radius 1 is 1.39 bits per heavy atom. The van der Waals surface area contributed by atoms with Crippen LogP contribution in [0.2, 0.25) is 0 Å². The van der Waals surface area contributed by atoms with Crippen molar-refractivity contribution in [3.63, 3.8) is 0 Å². The number of nitrogen functional groups attached to an aromatic ring is 1. The number of benzene rings is 1. The van der Waals surface area contributed by atoms with E-state index in [9.17, 15) is 10.1 Å². The highest BCUT2D eigenvalue weighted by atomic mass is 16.6. The molecule has 6 heteroatoms. The molecule has 0 saturated carbocycles. The Labute approximate surface area is 104 Å². The summed E-state index contributed by atoms with van der Waals surface area (Å²) in [7, 11) is 0. The molecule has 0 unspecified atom stereocenters. The van der Waals surface area contributed by atoms with E-state index >= 15 is 0 Å². The van der Waals surface area contributed by atoms with Crippen LogP contribution in [0.25, 0.3) is 0 Å². The highest BCUT2D eigenvalue weighted by Gasteiger charge is 2.12. The Morgan fingerprint density at radius 3 is 2.67 bits per heavy atom. The van der Waals surface area contributed by atoms with Crippen LogP contribution in [0.4, 0.5) is 11.4 Å². The highest BCUT2D eigenvalue weighted by Crippen LogP contribution is 2.22. The van der Waals surface area contributed by atoms with Gasteiger partial charge in [0.1, 0.15) is 5.69 Å². The zero-order chi connectivity index (χ0) is 13.3. The average molecular weight is 246 g/mol. The molecule has 94 valence electrons. The van der Waals surface area contributed by atoms with Crippen molar-refractivity contribution in [3.05, 3.63) is 51.3 Å². The van der Waals surface area contributed by atoms with E-state index < -0.39 is 4.92 Å². The molecule has 0 atom stereocenters. The first-order valence-corrected chi connectivity index (χ1v) is 5.51. The first-order chi connectivity index (χ1) is 8.47. The number of hydrogen-bond acceptors (Lipinski definition) is 4. The Morgan fingerprint density at radius 2 is 2.11 bits per heavy atom. The normalized spacial score (nSPS) is 10.6. The van der Waals surface area contributed by atoms with E-state index in [0.717, 1.165) is 17.0 Å². The van der Waals surface area contributed by atoms with Gasteiger partial charge in [0.2, 0.25) is 0 Å². The van der Waals surface area contributed by atoms with Crippen LogP contribution in [-0.4, -0.2) is 14.7 Å². The number of aryl methyl sites for hydroxylation is 2. The van der Waals surface area contributed by atoms with Crippen LogP contribution in [0.15, 0.2) is 24.3 Å². The number of nitro groups is 1. The Hall–Kier alpha value is -2.37. The quantitative estimate of drug-likeness (QED) is 0.510. The fourth-order valence-electron chi connectivity index (χ4n) is 1.85. The fraction of sp³-hybridized carbons (Fsp3) is 0.250. The predicted molar refractivity (Wildman–Crippen MR) is 68.3 cm³/mol. The van der Waals surface area contributed by atoms with E-state index in [1.165, 1.54) is 6.07 Å². The van der Waals surface area contributed by atoms with E-state index in [4.69, 9.17) is 5.73 Å². The fourth-order valence-corrected chi connectivity index (χ4v) is 1.85. The molecule has 0 saturated heterocycles. The molecule has 2 rings (SSSR count). The van der Waals surface area contributed by atoms with E-state index in [2.05, 4.69) is 5.10 Å². The first kappa shape index (κ1) is 12.1. The van der Waals surface area contributed by atoms with Gasteiger partial charge >= 0.3 is 0 Å². The maximum absolute atomic E-state index is 10.8. The van der Waals surface area contributed by atoms with Crippen LogP contribution >= 0.6 is 0 Å². The zero-order valence-corrected chi connectivity index (χ0v) is 10.3. The van der Waals surface area contributed by atoms with Crippen molar-refractivity contribution in [1.82, 2.24) is 9.78 Å². The second kappa shape index (κ2) is 4.48. The lowest BCUT2D eigenvalue weighted by Gasteiger charge is -2.05. The molecule has 2 aromatic rings. The molecule has 0 fully saturated rings. The number of nitro benzene ring substituents is 1. The van der Waals surface area contributed by atoms with E-state index in [-0.39, 0.29) is 11.4 Å². The Balaban J connectivity index is 2.32. The van der Waals surface area contributed by atoms with Crippen molar-refractivity contribution in [3.8, 4) is 0 Å². The van der Waals surface area contributed by atoms with Crippen molar-refractivity contribution in [1.29, 1.82) is 0 Å².